The van der Waals surface area contributed by atoms with Crippen LogP contribution in [0.2, 0.25) is 0 Å². The molecular weight excluding hydrogens is 136 g/mol. The summed E-state index contributed by atoms with van der Waals surface area (Å²) in [6, 6.07) is 0. The molecule has 0 aromatic rings. The van der Waals surface area contributed by atoms with Crippen molar-refractivity contribution in [1.29, 1.82) is 0 Å². The molecule has 2 rings (SSSR count). The number of hydrogen-bond donors (Lipinski definition) is 0. The first-order valence-electron chi connectivity index (χ1n) is 4.45. The highest BCUT2D eigenvalue weighted by atomic mass is 16.6. The Hall–Kier alpha value is -0.300. The number of epoxide rings is 1. The standard InChI is InChI=1S/C10H16O/c1-7(2)8-4-5-10(3)9(6-8)11-10/h8-9H,1,4-6H2,2-3H3/t8-,9-,10+/m0/s1. The van der Waals surface area contributed by atoms with E-state index in [0.29, 0.717) is 6.10 Å². The van der Waals surface area contributed by atoms with Gasteiger partial charge in [-0.25, -0.2) is 0 Å². The maximum absolute atomic E-state index is 5.60. The molecule has 2 aliphatic rings. The second-order valence-corrected chi connectivity index (χ2v) is 4.24. The van der Waals surface area contributed by atoms with Gasteiger partial charge >= 0.3 is 0 Å². The lowest BCUT2D eigenvalue weighted by atomic mass is 9.80. The highest BCUT2D eigenvalue weighted by Crippen LogP contribution is 2.50. The quantitative estimate of drug-likeness (QED) is 0.415. The monoisotopic (exact) mass is 152 g/mol. The minimum atomic E-state index is 0.270. The third-order valence-corrected chi connectivity index (χ3v) is 3.22. The van der Waals surface area contributed by atoms with Gasteiger partial charge in [0.15, 0.2) is 0 Å². The molecule has 1 saturated heterocycles. The third-order valence-electron chi connectivity index (χ3n) is 3.22. The van der Waals surface area contributed by atoms with Crippen molar-refractivity contribution in [2.75, 3.05) is 0 Å². The summed E-state index contributed by atoms with van der Waals surface area (Å²) < 4.78 is 5.60. The molecule has 0 amide bonds. The number of rotatable bonds is 1. The molecule has 1 heterocycles. The Morgan fingerprint density at radius 2 is 2.36 bits per heavy atom. The van der Waals surface area contributed by atoms with Gasteiger partial charge in [0.2, 0.25) is 0 Å². The molecule has 0 bridgehead atoms. The fourth-order valence-corrected chi connectivity index (χ4v) is 2.09. The molecular formula is C10H16O. The summed E-state index contributed by atoms with van der Waals surface area (Å²) in [6.45, 7) is 8.36. The van der Waals surface area contributed by atoms with Crippen molar-refractivity contribution >= 4 is 0 Å². The van der Waals surface area contributed by atoms with Gasteiger partial charge < -0.3 is 4.74 Å². The zero-order valence-electron chi connectivity index (χ0n) is 7.39. The molecule has 3 atom stereocenters. The smallest absolute Gasteiger partial charge is 0.0920 e. The molecule has 0 aromatic heterocycles. The average molecular weight is 152 g/mol. The fourth-order valence-electron chi connectivity index (χ4n) is 2.09. The lowest BCUT2D eigenvalue weighted by Gasteiger charge is -2.22. The van der Waals surface area contributed by atoms with Gasteiger partial charge in [-0.1, -0.05) is 12.2 Å². The highest BCUT2D eigenvalue weighted by Gasteiger charge is 2.55. The molecule has 1 nitrogen and oxygen atoms in total. The van der Waals surface area contributed by atoms with E-state index in [2.05, 4.69) is 20.4 Å². The van der Waals surface area contributed by atoms with E-state index in [9.17, 15) is 0 Å². The van der Waals surface area contributed by atoms with Crippen LogP contribution in [0.4, 0.5) is 0 Å². The summed E-state index contributed by atoms with van der Waals surface area (Å²) in [7, 11) is 0. The number of allylic oxidation sites excluding steroid dienone is 1. The van der Waals surface area contributed by atoms with Crippen LogP contribution in [0.3, 0.4) is 0 Å². The van der Waals surface area contributed by atoms with Gasteiger partial charge in [-0.05, 0) is 39.0 Å². The predicted octanol–water partition coefficient (Wildman–Crippen LogP) is 2.52. The van der Waals surface area contributed by atoms with Crippen LogP contribution in [0.15, 0.2) is 12.2 Å². The molecule has 0 spiro atoms. The third kappa shape index (κ3) is 1.12. The minimum absolute atomic E-state index is 0.270. The van der Waals surface area contributed by atoms with Gasteiger partial charge in [0, 0.05) is 0 Å². The molecule has 1 saturated carbocycles. The molecule has 1 aliphatic carbocycles. The van der Waals surface area contributed by atoms with Gasteiger partial charge in [0.25, 0.3) is 0 Å². The summed E-state index contributed by atoms with van der Waals surface area (Å²) >= 11 is 0. The van der Waals surface area contributed by atoms with E-state index in [1.165, 1.54) is 24.8 Å². The van der Waals surface area contributed by atoms with E-state index in [0.717, 1.165) is 5.92 Å². The number of ether oxygens (including phenoxy) is 1. The van der Waals surface area contributed by atoms with E-state index in [1.54, 1.807) is 0 Å². The van der Waals surface area contributed by atoms with Crippen molar-refractivity contribution in [3.63, 3.8) is 0 Å². The molecule has 0 unspecified atom stereocenters. The fraction of sp³-hybridized carbons (Fsp3) is 0.800. The Labute approximate surface area is 68.4 Å². The Kier molecular flexibility index (Phi) is 1.40. The first kappa shape index (κ1) is 7.35. The van der Waals surface area contributed by atoms with Crippen LogP contribution >= 0.6 is 0 Å². The SMILES string of the molecule is C=C(C)[C@H]1CC[C@@]2(C)O[C@H]2C1. The Balaban J connectivity index is 1.98. The summed E-state index contributed by atoms with van der Waals surface area (Å²) in [5, 5.41) is 0. The van der Waals surface area contributed by atoms with Crippen LogP contribution in [0.1, 0.15) is 33.1 Å². The van der Waals surface area contributed by atoms with Crippen LogP contribution < -0.4 is 0 Å². The van der Waals surface area contributed by atoms with E-state index in [4.69, 9.17) is 4.74 Å². The second kappa shape index (κ2) is 2.10. The summed E-state index contributed by atoms with van der Waals surface area (Å²) in [4.78, 5) is 0. The van der Waals surface area contributed by atoms with Crippen molar-refractivity contribution in [3.05, 3.63) is 12.2 Å². The number of fused-ring (bicyclic) bond motifs is 1. The van der Waals surface area contributed by atoms with Crippen molar-refractivity contribution in [1.82, 2.24) is 0 Å². The topological polar surface area (TPSA) is 12.5 Å². The molecule has 0 radical (unpaired) electrons. The first-order valence-corrected chi connectivity index (χ1v) is 4.45. The Morgan fingerprint density at radius 1 is 1.64 bits per heavy atom. The highest BCUT2D eigenvalue weighted by molar-refractivity contribution is 5.10. The van der Waals surface area contributed by atoms with Crippen molar-refractivity contribution in [2.24, 2.45) is 5.92 Å². The summed E-state index contributed by atoms with van der Waals surface area (Å²) in [6.07, 6.45) is 4.28. The lowest BCUT2D eigenvalue weighted by molar-refractivity contribution is 0.303. The van der Waals surface area contributed by atoms with E-state index in [1.807, 2.05) is 0 Å². The minimum Gasteiger partial charge on any atom is -0.366 e. The second-order valence-electron chi connectivity index (χ2n) is 4.24. The number of hydrogen-bond acceptors (Lipinski definition) is 1. The Morgan fingerprint density at radius 3 is 2.91 bits per heavy atom. The molecule has 1 heteroatoms. The van der Waals surface area contributed by atoms with Crippen molar-refractivity contribution in [2.45, 2.75) is 44.8 Å². The van der Waals surface area contributed by atoms with Gasteiger partial charge in [0.05, 0.1) is 11.7 Å². The maximum Gasteiger partial charge on any atom is 0.0920 e. The van der Waals surface area contributed by atoms with E-state index in [-0.39, 0.29) is 5.60 Å². The largest absolute Gasteiger partial charge is 0.366 e. The van der Waals surface area contributed by atoms with Crippen LogP contribution in [0, 0.1) is 5.92 Å². The van der Waals surface area contributed by atoms with E-state index >= 15 is 0 Å². The molecule has 1 aliphatic heterocycles. The normalized spacial score (nSPS) is 48.2. The first-order chi connectivity index (χ1) is 5.12. The van der Waals surface area contributed by atoms with Crippen LogP contribution in [0.5, 0.6) is 0 Å². The van der Waals surface area contributed by atoms with Crippen LogP contribution in [-0.2, 0) is 4.74 Å². The van der Waals surface area contributed by atoms with Gasteiger partial charge in [-0.2, -0.15) is 0 Å². The molecule has 0 aromatic carbocycles. The molecule has 62 valence electrons. The van der Waals surface area contributed by atoms with Crippen molar-refractivity contribution in [3.8, 4) is 0 Å². The summed E-state index contributed by atoms with van der Waals surface area (Å²) in [5.41, 5.74) is 1.61. The average Bonchev–Trinajstić information content (AvgIpc) is 2.58. The Bertz CT molecular complexity index is 197. The van der Waals surface area contributed by atoms with Crippen LogP contribution in [-0.4, -0.2) is 11.7 Å². The molecule has 0 N–H and O–H groups in total. The van der Waals surface area contributed by atoms with Gasteiger partial charge in [-0.15, -0.1) is 0 Å². The molecule has 2 fully saturated rings. The van der Waals surface area contributed by atoms with Gasteiger partial charge in [0.1, 0.15) is 0 Å². The molecule has 11 heavy (non-hydrogen) atoms. The van der Waals surface area contributed by atoms with Gasteiger partial charge in [-0.3, -0.25) is 0 Å². The lowest BCUT2D eigenvalue weighted by Crippen LogP contribution is -2.21. The summed E-state index contributed by atoms with van der Waals surface area (Å²) in [5.74, 6) is 0.732. The van der Waals surface area contributed by atoms with Crippen molar-refractivity contribution < 1.29 is 4.74 Å². The predicted molar refractivity (Wildman–Crippen MR) is 45.4 cm³/mol. The maximum atomic E-state index is 5.60. The zero-order chi connectivity index (χ0) is 8.06. The van der Waals surface area contributed by atoms with Crippen LogP contribution in [0.25, 0.3) is 0 Å². The van der Waals surface area contributed by atoms with E-state index < -0.39 is 0 Å². The zero-order valence-corrected chi connectivity index (χ0v) is 7.39.